The average molecular weight is 390 g/mol. The Labute approximate surface area is 163 Å². The highest BCUT2D eigenvalue weighted by atomic mass is 32.1. The smallest absolute Gasteiger partial charge is 0.274 e. The van der Waals surface area contributed by atoms with Crippen LogP contribution in [0, 0.1) is 36.5 Å². The molecule has 0 unspecified atom stereocenters. The minimum Gasteiger partial charge on any atom is -0.465 e. The molecule has 4 heterocycles. The first-order chi connectivity index (χ1) is 13.4. The summed E-state index contributed by atoms with van der Waals surface area (Å²) in [6, 6.07) is 11.2. The number of hydrogen-bond donors (Lipinski definition) is 1. The number of rotatable bonds is 2. The van der Waals surface area contributed by atoms with Crippen LogP contribution in [-0.2, 0) is 0 Å². The lowest BCUT2D eigenvalue weighted by Gasteiger charge is -2.20. The molecule has 0 radical (unpaired) electrons. The quantitative estimate of drug-likeness (QED) is 0.710. The van der Waals surface area contributed by atoms with E-state index >= 15 is 0 Å². The molecule has 0 fully saturated rings. The van der Waals surface area contributed by atoms with Crippen molar-refractivity contribution in [1.82, 2.24) is 4.57 Å². The molecule has 4 rings (SSSR count). The molecule has 28 heavy (non-hydrogen) atoms. The summed E-state index contributed by atoms with van der Waals surface area (Å²) in [6.07, 6.45) is 1.60. The first kappa shape index (κ1) is 17.7. The summed E-state index contributed by atoms with van der Waals surface area (Å²) in [6.45, 7) is 3.58. The second-order valence-corrected chi connectivity index (χ2v) is 7.35. The number of fused-ring (bicyclic) bond motifs is 1. The van der Waals surface area contributed by atoms with E-state index in [0.29, 0.717) is 26.5 Å². The maximum absolute atomic E-state index is 12.9. The minimum atomic E-state index is -0.750. The Hall–Kier alpha value is -3.75. The number of nitrogens with zero attached hydrogens (tertiary/aromatic N) is 3. The summed E-state index contributed by atoms with van der Waals surface area (Å²) in [4.78, 5) is 12.9. The van der Waals surface area contributed by atoms with Crippen LogP contribution < -0.4 is 20.5 Å². The molecule has 0 amide bonds. The molecule has 1 aliphatic heterocycles. The molecule has 2 N–H and O–H groups in total. The van der Waals surface area contributed by atoms with Gasteiger partial charge in [-0.1, -0.05) is 0 Å². The van der Waals surface area contributed by atoms with Gasteiger partial charge in [0, 0.05) is 6.08 Å². The van der Waals surface area contributed by atoms with Crippen LogP contribution in [-0.4, -0.2) is 4.57 Å². The van der Waals surface area contributed by atoms with Crippen LogP contribution in [0.3, 0.4) is 0 Å². The lowest BCUT2D eigenvalue weighted by atomic mass is 9.88. The maximum Gasteiger partial charge on any atom is 0.274 e. The molecule has 0 aromatic carbocycles. The van der Waals surface area contributed by atoms with E-state index in [4.69, 9.17) is 14.6 Å². The highest BCUT2D eigenvalue weighted by Gasteiger charge is 2.34. The molecule has 8 heteroatoms. The van der Waals surface area contributed by atoms with Crippen molar-refractivity contribution in [3.8, 4) is 12.1 Å². The van der Waals surface area contributed by atoms with E-state index in [1.54, 1.807) is 44.2 Å². The maximum atomic E-state index is 12.9. The number of hydrogen-bond acceptors (Lipinski definition) is 7. The Balaban J connectivity index is 2.07. The summed E-state index contributed by atoms with van der Waals surface area (Å²) < 4.78 is 13.1. The van der Waals surface area contributed by atoms with Crippen LogP contribution in [0.15, 0.2) is 43.5 Å². The van der Waals surface area contributed by atoms with Crippen molar-refractivity contribution < 1.29 is 8.83 Å². The molecule has 0 aliphatic carbocycles. The predicted octanol–water partition coefficient (Wildman–Crippen LogP) is 1.66. The first-order valence-corrected chi connectivity index (χ1v) is 9.17. The van der Waals surface area contributed by atoms with Gasteiger partial charge in [0.05, 0.1) is 33.7 Å². The van der Waals surface area contributed by atoms with Gasteiger partial charge in [-0.15, -0.1) is 11.3 Å². The van der Waals surface area contributed by atoms with Crippen LogP contribution in [0.5, 0.6) is 0 Å². The molecule has 1 atom stereocenters. The zero-order valence-corrected chi connectivity index (χ0v) is 15.8. The lowest BCUT2D eigenvalue weighted by Crippen LogP contribution is -2.38. The minimum absolute atomic E-state index is 0.00655. The molecular formula is C20H14N4O3S. The highest BCUT2D eigenvalue weighted by molar-refractivity contribution is 7.07. The van der Waals surface area contributed by atoms with Gasteiger partial charge >= 0.3 is 0 Å². The normalized spacial score (nSPS) is 16.8. The molecule has 0 saturated heterocycles. The molecule has 0 spiro atoms. The molecule has 0 bridgehead atoms. The van der Waals surface area contributed by atoms with Crippen molar-refractivity contribution >= 4 is 28.8 Å². The SMILES string of the molecule is Cc1ccc(/C=c2\sc3n(c2=O)C(N)=C(C#N)[C@H](c2ccc(C)o2)C=3C#N)o1. The fourth-order valence-corrected chi connectivity index (χ4v) is 4.31. The Morgan fingerprint density at radius 3 is 2.36 bits per heavy atom. The molecule has 3 aromatic heterocycles. The fraction of sp³-hybridized carbons (Fsp3) is 0.150. The standard InChI is InChI=1S/C20H14N4O3S/c1-10-3-5-12(26-10)7-16-19(25)24-18(23)13(8-21)17(14(9-22)20(24)28-16)15-6-4-11(2)27-15/h3-7,17H,23H2,1-2H3/b16-7-/t17-/m0/s1. The fourth-order valence-electron chi connectivity index (χ4n) is 3.20. The van der Waals surface area contributed by atoms with E-state index in [9.17, 15) is 15.3 Å². The zero-order valence-electron chi connectivity index (χ0n) is 15.0. The summed E-state index contributed by atoms with van der Waals surface area (Å²) >= 11 is 1.13. The van der Waals surface area contributed by atoms with Crippen LogP contribution in [0.1, 0.15) is 29.0 Å². The molecule has 138 valence electrons. The van der Waals surface area contributed by atoms with Crippen molar-refractivity contribution in [3.05, 3.63) is 72.4 Å². The second-order valence-electron chi connectivity index (χ2n) is 6.32. The van der Waals surface area contributed by atoms with Crippen LogP contribution >= 0.6 is 11.3 Å². The lowest BCUT2D eigenvalue weighted by molar-refractivity contribution is 0.482. The van der Waals surface area contributed by atoms with E-state index in [0.717, 1.165) is 17.1 Å². The Kier molecular flexibility index (Phi) is 4.07. The summed E-state index contributed by atoms with van der Waals surface area (Å²) in [5, 5.41) is 19.5. The molecular weight excluding hydrogens is 376 g/mol. The number of aromatic nitrogens is 1. The van der Waals surface area contributed by atoms with Crippen molar-refractivity contribution in [1.29, 1.82) is 10.5 Å². The number of nitrogens with two attached hydrogens (primary N) is 1. The molecule has 0 saturated carbocycles. The van der Waals surface area contributed by atoms with E-state index in [-0.39, 0.29) is 17.0 Å². The Morgan fingerprint density at radius 2 is 1.79 bits per heavy atom. The topological polar surface area (TPSA) is 122 Å². The second kappa shape index (κ2) is 6.45. The summed E-state index contributed by atoms with van der Waals surface area (Å²) in [5.74, 6) is 1.59. The zero-order chi connectivity index (χ0) is 20.0. The number of thiazole rings is 1. The molecule has 3 aromatic rings. The average Bonchev–Trinajstić information content (AvgIpc) is 3.35. The van der Waals surface area contributed by atoms with Gasteiger partial charge in [0.15, 0.2) is 0 Å². The van der Waals surface area contributed by atoms with Crippen LogP contribution in [0.25, 0.3) is 17.5 Å². The highest BCUT2D eigenvalue weighted by Crippen LogP contribution is 2.36. The van der Waals surface area contributed by atoms with Crippen LogP contribution in [0.4, 0.5) is 0 Å². The predicted molar refractivity (Wildman–Crippen MR) is 103 cm³/mol. The number of aryl methyl sites for hydroxylation is 2. The monoisotopic (exact) mass is 390 g/mol. The van der Waals surface area contributed by atoms with Gasteiger partial charge in [0.25, 0.3) is 5.56 Å². The number of allylic oxidation sites excluding steroid dienone is 1. The number of nitriles is 2. The van der Waals surface area contributed by atoms with Gasteiger partial charge in [-0.25, -0.2) is 0 Å². The van der Waals surface area contributed by atoms with E-state index < -0.39 is 11.5 Å². The molecule has 1 aliphatic rings. The molecule has 7 nitrogen and oxygen atoms in total. The van der Waals surface area contributed by atoms with Gasteiger partial charge in [0.1, 0.15) is 33.5 Å². The van der Waals surface area contributed by atoms with E-state index in [1.807, 2.05) is 6.07 Å². The van der Waals surface area contributed by atoms with Crippen molar-refractivity contribution in [2.45, 2.75) is 19.8 Å². The van der Waals surface area contributed by atoms with Gasteiger partial charge in [0.2, 0.25) is 0 Å². The van der Waals surface area contributed by atoms with Gasteiger partial charge < -0.3 is 14.6 Å². The van der Waals surface area contributed by atoms with Gasteiger partial charge in [-0.05, 0) is 38.1 Å². The van der Waals surface area contributed by atoms with Crippen molar-refractivity contribution in [2.24, 2.45) is 5.73 Å². The third kappa shape index (κ3) is 2.59. The van der Waals surface area contributed by atoms with Crippen molar-refractivity contribution in [2.75, 3.05) is 0 Å². The Bertz CT molecular complexity index is 1400. The summed E-state index contributed by atoms with van der Waals surface area (Å²) in [7, 11) is 0. The largest absolute Gasteiger partial charge is 0.465 e. The first-order valence-electron chi connectivity index (χ1n) is 8.35. The van der Waals surface area contributed by atoms with E-state index in [2.05, 4.69) is 6.07 Å². The third-order valence-corrected chi connectivity index (χ3v) is 5.58. The van der Waals surface area contributed by atoms with Gasteiger partial charge in [-0.2, -0.15) is 10.5 Å². The number of furan rings is 2. The Morgan fingerprint density at radius 1 is 1.11 bits per heavy atom. The van der Waals surface area contributed by atoms with Gasteiger partial charge in [-0.3, -0.25) is 9.36 Å². The summed E-state index contributed by atoms with van der Waals surface area (Å²) in [5.41, 5.74) is 6.15. The van der Waals surface area contributed by atoms with Crippen LogP contribution in [0.2, 0.25) is 0 Å². The third-order valence-electron chi connectivity index (χ3n) is 4.47. The van der Waals surface area contributed by atoms with E-state index in [1.165, 1.54) is 4.57 Å². The van der Waals surface area contributed by atoms with Crippen molar-refractivity contribution in [3.63, 3.8) is 0 Å².